The third-order valence-corrected chi connectivity index (χ3v) is 4.75. The molecule has 0 saturated heterocycles. The number of sulfonamides is 1. The summed E-state index contributed by atoms with van der Waals surface area (Å²) in [5.41, 5.74) is -0.269. The number of carboxylic acids is 1. The van der Waals surface area contributed by atoms with Crippen LogP contribution in [0, 0.1) is 0 Å². The standard InChI is InChI=1S/C12H17NO6S/c1-5-13(2)20(16,17)8-6-9(12(14)15)11(19-4)10(7-8)18-3/h6-7H,5H2,1-4H3,(H,14,15). The molecule has 1 aromatic carbocycles. The number of nitrogens with zero attached hydrogens (tertiary/aromatic N) is 1. The Hall–Kier alpha value is -1.80. The van der Waals surface area contributed by atoms with Crippen molar-refractivity contribution in [3.8, 4) is 11.5 Å². The normalized spacial score (nSPS) is 11.4. The smallest absolute Gasteiger partial charge is 0.339 e. The van der Waals surface area contributed by atoms with Crippen LogP contribution in [0.3, 0.4) is 0 Å². The van der Waals surface area contributed by atoms with Gasteiger partial charge in [-0.15, -0.1) is 0 Å². The molecule has 0 heterocycles. The zero-order chi connectivity index (χ0) is 15.5. The molecule has 0 atom stereocenters. The summed E-state index contributed by atoms with van der Waals surface area (Å²) in [5.74, 6) is -1.26. The van der Waals surface area contributed by atoms with Gasteiger partial charge in [-0.25, -0.2) is 17.5 Å². The first-order valence-corrected chi connectivity index (χ1v) is 7.19. The fourth-order valence-electron chi connectivity index (χ4n) is 1.60. The maximum Gasteiger partial charge on any atom is 0.339 e. The van der Waals surface area contributed by atoms with Gasteiger partial charge in [-0.1, -0.05) is 6.92 Å². The second kappa shape index (κ2) is 6.10. The van der Waals surface area contributed by atoms with Crippen molar-refractivity contribution < 1.29 is 27.8 Å². The van der Waals surface area contributed by atoms with Crippen LogP contribution in [-0.2, 0) is 10.0 Å². The number of aromatic carboxylic acids is 1. The van der Waals surface area contributed by atoms with Crippen molar-refractivity contribution in [2.45, 2.75) is 11.8 Å². The molecule has 0 aliphatic carbocycles. The van der Waals surface area contributed by atoms with E-state index < -0.39 is 16.0 Å². The van der Waals surface area contributed by atoms with Gasteiger partial charge in [0.1, 0.15) is 5.56 Å². The van der Waals surface area contributed by atoms with Crippen LogP contribution in [0.25, 0.3) is 0 Å². The number of hydrogen-bond donors (Lipinski definition) is 1. The summed E-state index contributed by atoms with van der Waals surface area (Å²) in [4.78, 5) is 11.1. The Labute approximate surface area is 117 Å². The van der Waals surface area contributed by atoms with E-state index >= 15 is 0 Å². The van der Waals surface area contributed by atoms with Crippen molar-refractivity contribution in [1.29, 1.82) is 0 Å². The van der Waals surface area contributed by atoms with Gasteiger partial charge in [0.15, 0.2) is 11.5 Å². The average molecular weight is 303 g/mol. The Balaban J connectivity index is 3.60. The number of hydrogen-bond acceptors (Lipinski definition) is 5. The van der Waals surface area contributed by atoms with E-state index in [4.69, 9.17) is 14.6 Å². The van der Waals surface area contributed by atoms with Gasteiger partial charge in [0.05, 0.1) is 19.1 Å². The highest BCUT2D eigenvalue weighted by molar-refractivity contribution is 7.89. The maximum absolute atomic E-state index is 12.2. The van der Waals surface area contributed by atoms with Crippen molar-refractivity contribution in [3.63, 3.8) is 0 Å². The summed E-state index contributed by atoms with van der Waals surface area (Å²) in [6, 6.07) is 2.30. The van der Waals surface area contributed by atoms with E-state index in [9.17, 15) is 13.2 Å². The van der Waals surface area contributed by atoms with Crippen molar-refractivity contribution in [3.05, 3.63) is 17.7 Å². The van der Waals surface area contributed by atoms with Crippen LogP contribution in [0.1, 0.15) is 17.3 Å². The first-order chi connectivity index (χ1) is 9.29. The van der Waals surface area contributed by atoms with E-state index in [0.717, 1.165) is 10.4 Å². The van der Waals surface area contributed by atoms with E-state index in [1.54, 1.807) is 6.92 Å². The van der Waals surface area contributed by atoms with Crippen LogP contribution in [0.2, 0.25) is 0 Å². The monoisotopic (exact) mass is 303 g/mol. The Morgan fingerprint density at radius 2 is 1.90 bits per heavy atom. The van der Waals surface area contributed by atoms with E-state index in [1.807, 2.05) is 0 Å². The molecule has 0 spiro atoms. The van der Waals surface area contributed by atoms with Crippen molar-refractivity contribution >= 4 is 16.0 Å². The third-order valence-electron chi connectivity index (χ3n) is 2.84. The molecular formula is C12H17NO6S. The van der Waals surface area contributed by atoms with Gasteiger partial charge in [-0.3, -0.25) is 0 Å². The molecule has 1 aromatic rings. The van der Waals surface area contributed by atoms with Gasteiger partial charge < -0.3 is 14.6 Å². The Morgan fingerprint density at radius 3 is 2.30 bits per heavy atom. The molecule has 8 heteroatoms. The molecule has 0 unspecified atom stereocenters. The van der Waals surface area contributed by atoms with Crippen LogP contribution in [0.5, 0.6) is 11.5 Å². The maximum atomic E-state index is 12.2. The summed E-state index contributed by atoms with van der Waals surface area (Å²) in [7, 11) is 0.238. The number of ether oxygens (including phenoxy) is 2. The van der Waals surface area contributed by atoms with Gasteiger partial charge in [-0.05, 0) is 6.07 Å². The molecule has 0 radical (unpaired) electrons. The lowest BCUT2D eigenvalue weighted by atomic mass is 10.2. The molecule has 0 bridgehead atoms. The van der Waals surface area contributed by atoms with Gasteiger partial charge in [0, 0.05) is 19.7 Å². The second-order valence-corrected chi connectivity index (χ2v) is 5.98. The predicted octanol–water partition coefficient (Wildman–Crippen LogP) is 1.04. The zero-order valence-corrected chi connectivity index (χ0v) is 12.5. The molecule has 7 nitrogen and oxygen atoms in total. The van der Waals surface area contributed by atoms with Crippen molar-refractivity contribution in [2.24, 2.45) is 0 Å². The average Bonchev–Trinajstić information content (AvgIpc) is 2.44. The molecule has 1 N–H and O–H groups in total. The van der Waals surface area contributed by atoms with Crippen molar-refractivity contribution in [1.82, 2.24) is 4.31 Å². The van der Waals surface area contributed by atoms with Crippen LogP contribution in [0.15, 0.2) is 17.0 Å². The number of benzene rings is 1. The first-order valence-electron chi connectivity index (χ1n) is 5.75. The van der Waals surface area contributed by atoms with Gasteiger partial charge in [0.25, 0.3) is 0 Å². The lowest BCUT2D eigenvalue weighted by molar-refractivity contribution is 0.0692. The quantitative estimate of drug-likeness (QED) is 0.844. The minimum atomic E-state index is -3.77. The van der Waals surface area contributed by atoms with Crippen LogP contribution in [-0.4, -0.2) is 51.6 Å². The fraction of sp³-hybridized carbons (Fsp3) is 0.417. The molecule has 0 fully saturated rings. The summed E-state index contributed by atoms with van der Waals surface area (Å²) >= 11 is 0. The number of methoxy groups -OCH3 is 2. The molecule has 0 amide bonds. The lowest BCUT2D eigenvalue weighted by Crippen LogP contribution is -2.26. The molecule has 0 aliphatic heterocycles. The van der Waals surface area contributed by atoms with Crippen LogP contribution < -0.4 is 9.47 Å². The minimum absolute atomic E-state index is 0.0156. The zero-order valence-electron chi connectivity index (χ0n) is 11.7. The third kappa shape index (κ3) is 2.86. The topological polar surface area (TPSA) is 93.1 Å². The fourth-order valence-corrected chi connectivity index (χ4v) is 2.82. The minimum Gasteiger partial charge on any atom is -0.493 e. The number of carboxylic acid groups (broad SMARTS) is 1. The lowest BCUT2D eigenvalue weighted by Gasteiger charge is -2.17. The summed E-state index contributed by atoms with van der Waals surface area (Å²) in [6.45, 7) is 1.94. The van der Waals surface area contributed by atoms with E-state index in [-0.39, 0.29) is 28.5 Å². The Bertz CT molecular complexity index is 611. The highest BCUT2D eigenvalue weighted by atomic mass is 32.2. The highest BCUT2D eigenvalue weighted by Gasteiger charge is 2.25. The van der Waals surface area contributed by atoms with Crippen molar-refractivity contribution in [2.75, 3.05) is 27.8 Å². The summed E-state index contributed by atoms with van der Waals surface area (Å²) in [5, 5.41) is 9.16. The van der Waals surface area contributed by atoms with Gasteiger partial charge in [0.2, 0.25) is 10.0 Å². The molecule has 0 aliphatic rings. The Kier molecular flexibility index (Phi) is 4.96. The van der Waals surface area contributed by atoms with Gasteiger partial charge >= 0.3 is 5.97 Å². The SMILES string of the molecule is CCN(C)S(=O)(=O)c1cc(OC)c(OC)c(C(=O)O)c1. The number of rotatable bonds is 6. The molecule has 112 valence electrons. The number of carbonyl (C=O) groups is 1. The Morgan fingerprint density at radius 1 is 1.30 bits per heavy atom. The van der Waals surface area contributed by atoms with E-state index in [0.29, 0.717) is 0 Å². The molecule has 0 aromatic heterocycles. The highest BCUT2D eigenvalue weighted by Crippen LogP contribution is 2.34. The molecule has 1 rings (SSSR count). The molecular weight excluding hydrogens is 286 g/mol. The molecule has 20 heavy (non-hydrogen) atoms. The van der Waals surface area contributed by atoms with E-state index in [1.165, 1.54) is 27.3 Å². The predicted molar refractivity (Wildman–Crippen MR) is 72.0 cm³/mol. The first kappa shape index (κ1) is 16.3. The second-order valence-electron chi connectivity index (χ2n) is 3.93. The van der Waals surface area contributed by atoms with Crippen LogP contribution >= 0.6 is 0 Å². The largest absolute Gasteiger partial charge is 0.493 e. The summed E-state index contributed by atoms with van der Waals surface area (Å²) < 4.78 is 35.6. The van der Waals surface area contributed by atoms with Gasteiger partial charge in [-0.2, -0.15) is 0 Å². The molecule has 0 saturated carbocycles. The van der Waals surface area contributed by atoms with E-state index in [2.05, 4.69) is 0 Å². The summed E-state index contributed by atoms with van der Waals surface area (Å²) in [6.07, 6.45) is 0. The van der Waals surface area contributed by atoms with Crippen LogP contribution in [0.4, 0.5) is 0 Å².